The van der Waals surface area contributed by atoms with E-state index in [1.807, 2.05) is 13.8 Å². The van der Waals surface area contributed by atoms with Crippen LogP contribution in [0, 0.1) is 13.8 Å². The van der Waals surface area contributed by atoms with Gasteiger partial charge in [-0.15, -0.1) is 0 Å². The van der Waals surface area contributed by atoms with Gasteiger partial charge in [0.05, 0.1) is 30.4 Å². The van der Waals surface area contributed by atoms with Crippen LogP contribution in [0.15, 0.2) is 45.3 Å². The lowest BCUT2D eigenvalue weighted by Crippen LogP contribution is -2.20. The molecule has 4 heterocycles. The fraction of sp³-hybridized carbons (Fsp3) is 0.316. The van der Waals surface area contributed by atoms with Crippen molar-refractivity contribution >= 4 is 64.0 Å². The van der Waals surface area contributed by atoms with Gasteiger partial charge < -0.3 is 44.6 Å². The molecule has 0 saturated heterocycles. The Morgan fingerprint density at radius 3 is 2.05 bits per heavy atom. The minimum atomic E-state index is -0.692. The van der Waals surface area contributed by atoms with Crippen LogP contribution in [-0.4, -0.2) is 73.5 Å². The Kier molecular flexibility index (Phi) is 11.7. The van der Waals surface area contributed by atoms with Crippen molar-refractivity contribution < 1.29 is 37.5 Å². The van der Waals surface area contributed by atoms with Crippen molar-refractivity contribution in [1.82, 2.24) is 29.1 Å². The Bertz CT molecular complexity index is 2530. The van der Waals surface area contributed by atoms with Crippen molar-refractivity contribution in [2.24, 2.45) is 17.2 Å². The number of carbonyl (C=O) groups is 4. The van der Waals surface area contributed by atoms with Crippen LogP contribution in [0.4, 0.5) is 17.8 Å². The molecule has 0 radical (unpaired) electrons. The quantitative estimate of drug-likeness (QED) is 0.0549. The van der Waals surface area contributed by atoms with Gasteiger partial charge in [0.25, 0.3) is 5.91 Å². The van der Waals surface area contributed by atoms with Gasteiger partial charge in [-0.1, -0.05) is 26.0 Å². The first-order valence-corrected chi connectivity index (χ1v) is 18.1. The molecule has 4 aromatic heterocycles. The topological polar surface area (TPSA) is 268 Å². The number of fused-ring (bicyclic) bond motifs is 2. The number of nitrogens with zero attached hydrogens (tertiary/aromatic N) is 7. The SMILES string of the molecule is CCc1nc(C)oc1C(=O)Nc1nc2cc(C(N)=O)cc(OCCCN)c2n1CC=CCn1c(N(C=O)c2oc(C)nc2CC)nc2cc(C(N)=O)cc(OC)c21. The molecule has 19 heteroatoms. The number of aromatic nitrogens is 6. The van der Waals surface area contributed by atoms with E-state index >= 15 is 0 Å². The molecule has 0 unspecified atom stereocenters. The molecule has 4 amide bonds. The standard InChI is InChI=1S/C38H43N11O8/c1-6-24-32(56-20(3)42-24)35(53)46-37-44-26-15-23(34(41)52)18-29(55-14-10-11-39)31(26)47(37)12-8-9-13-48-30-27(16-22(33(40)51)17-28(30)54-5)45-38(48)49(19-50)36-25(7-2)43-21(4)57-36/h8-9,15-19H,6-7,10-14,39H2,1-5H3,(H2,40,51)(H2,41,52)(H,44,46,53). The van der Waals surface area contributed by atoms with Crippen LogP contribution < -0.4 is 36.9 Å². The van der Waals surface area contributed by atoms with Crippen molar-refractivity contribution in [1.29, 1.82) is 0 Å². The minimum absolute atomic E-state index is 0.0438. The molecule has 298 valence electrons. The van der Waals surface area contributed by atoms with Gasteiger partial charge in [-0.3, -0.25) is 24.5 Å². The van der Waals surface area contributed by atoms with Crippen LogP contribution in [0.1, 0.15) is 74.7 Å². The number of anilines is 3. The monoisotopic (exact) mass is 781 g/mol. The molecule has 0 aliphatic carbocycles. The number of allylic oxidation sites excluding steroid dienone is 2. The summed E-state index contributed by atoms with van der Waals surface area (Å²) in [7, 11) is 1.44. The number of hydrogen-bond donors (Lipinski definition) is 4. The van der Waals surface area contributed by atoms with Crippen LogP contribution in [0.25, 0.3) is 22.1 Å². The summed E-state index contributed by atoms with van der Waals surface area (Å²) in [5.41, 5.74) is 19.9. The summed E-state index contributed by atoms with van der Waals surface area (Å²) >= 11 is 0. The van der Waals surface area contributed by atoms with E-state index in [9.17, 15) is 19.2 Å². The number of ether oxygens (including phenoxy) is 2. The highest BCUT2D eigenvalue weighted by atomic mass is 16.5. The van der Waals surface area contributed by atoms with E-state index in [4.69, 9.17) is 40.5 Å². The van der Waals surface area contributed by atoms with E-state index in [-0.39, 0.29) is 60.1 Å². The second-order valence-corrected chi connectivity index (χ2v) is 12.8. The molecule has 0 spiro atoms. The summed E-state index contributed by atoms with van der Waals surface area (Å²) < 4.78 is 26.7. The maximum atomic E-state index is 13.6. The maximum absolute atomic E-state index is 13.6. The molecule has 6 rings (SSSR count). The molecule has 0 aliphatic heterocycles. The zero-order chi connectivity index (χ0) is 41.0. The van der Waals surface area contributed by atoms with E-state index < -0.39 is 17.7 Å². The predicted molar refractivity (Wildman–Crippen MR) is 209 cm³/mol. The van der Waals surface area contributed by atoms with Crippen LogP contribution in [0.2, 0.25) is 0 Å². The molecule has 0 bridgehead atoms. The van der Waals surface area contributed by atoms with Crippen molar-refractivity contribution in [3.8, 4) is 11.5 Å². The van der Waals surface area contributed by atoms with Crippen LogP contribution in [0.3, 0.4) is 0 Å². The summed E-state index contributed by atoms with van der Waals surface area (Å²) in [6.07, 6.45) is 5.64. The average molecular weight is 782 g/mol. The van der Waals surface area contributed by atoms with E-state index in [0.29, 0.717) is 83.2 Å². The number of primary amides is 2. The molecule has 0 aliphatic rings. The summed E-state index contributed by atoms with van der Waals surface area (Å²) in [6, 6.07) is 6.04. The molecular formula is C38H43N11O8. The normalized spacial score (nSPS) is 11.5. The van der Waals surface area contributed by atoms with Crippen molar-refractivity contribution in [3.05, 3.63) is 76.5 Å². The average Bonchev–Trinajstić information content (AvgIpc) is 3.95. The largest absolute Gasteiger partial charge is 0.494 e. The first kappa shape index (κ1) is 39.7. The number of carbonyl (C=O) groups excluding carboxylic acids is 4. The lowest BCUT2D eigenvalue weighted by Gasteiger charge is -2.16. The molecule has 19 nitrogen and oxygen atoms in total. The highest BCUT2D eigenvalue weighted by molar-refractivity contribution is 6.04. The second kappa shape index (κ2) is 16.8. The number of rotatable bonds is 18. The fourth-order valence-corrected chi connectivity index (χ4v) is 6.36. The smallest absolute Gasteiger partial charge is 0.295 e. The van der Waals surface area contributed by atoms with Gasteiger partial charge in [0.1, 0.15) is 28.2 Å². The third-order valence-corrected chi connectivity index (χ3v) is 8.96. The van der Waals surface area contributed by atoms with Crippen molar-refractivity contribution in [2.45, 2.75) is 60.0 Å². The van der Waals surface area contributed by atoms with Crippen molar-refractivity contribution in [2.75, 3.05) is 30.5 Å². The number of methoxy groups -OCH3 is 1. The second-order valence-electron chi connectivity index (χ2n) is 12.8. The van der Waals surface area contributed by atoms with E-state index in [2.05, 4.69) is 20.3 Å². The molecule has 6 aromatic rings. The minimum Gasteiger partial charge on any atom is -0.494 e. The highest BCUT2D eigenvalue weighted by Gasteiger charge is 2.27. The number of amides is 4. The summed E-state index contributed by atoms with van der Waals surface area (Å²) in [5.74, 6) is -0.167. The fourth-order valence-electron chi connectivity index (χ4n) is 6.36. The Morgan fingerprint density at radius 2 is 1.44 bits per heavy atom. The first-order valence-electron chi connectivity index (χ1n) is 18.1. The van der Waals surface area contributed by atoms with Gasteiger partial charge in [-0.25, -0.2) is 24.8 Å². The third-order valence-electron chi connectivity index (χ3n) is 8.96. The van der Waals surface area contributed by atoms with E-state index in [1.54, 1.807) is 35.1 Å². The Balaban J connectivity index is 1.45. The number of nitrogens with two attached hydrogens (primary N) is 3. The number of nitrogens with one attached hydrogen (secondary N) is 1. The molecule has 0 saturated carbocycles. The zero-order valence-electron chi connectivity index (χ0n) is 32.1. The number of imidazole rings is 2. The number of oxazole rings is 2. The molecule has 0 fully saturated rings. The number of benzene rings is 2. The maximum Gasteiger partial charge on any atom is 0.295 e. The Labute approximate surface area is 325 Å². The molecule has 2 aromatic carbocycles. The Morgan fingerprint density at radius 1 is 0.842 bits per heavy atom. The van der Waals surface area contributed by atoms with Gasteiger partial charge in [0.2, 0.25) is 41.8 Å². The van der Waals surface area contributed by atoms with E-state index in [1.165, 1.54) is 36.3 Å². The third kappa shape index (κ3) is 7.90. The van der Waals surface area contributed by atoms with Gasteiger partial charge >= 0.3 is 0 Å². The van der Waals surface area contributed by atoms with Gasteiger partial charge in [0.15, 0.2) is 11.8 Å². The summed E-state index contributed by atoms with van der Waals surface area (Å²) in [4.78, 5) is 70.3. The first-order chi connectivity index (χ1) is 27.4. The van der Waals surface area contributed by atoms with Crippen molar-refractivity contribution in [3.63, 3.8) is 0 Å². The Hall–Kier alpha value is -7.02. The molecular weight excluding hydrogens is 738 g/mol. The number of aryl methyl sites for hydroxylation is 4. The van der Waals surface area contributed by atoms with Gasteiger partial charge in [-0.2, -0.15) is 0 Å². The lowest BCUT2D eigenvalue weighted by atomic mass is 10.1. The molecule has 0 atom stereocenters. The lowest BCUT2D eigenvalue weighted by molar-refractivity contribution is -0.107. The zero-order valence-corrected chi connectivity index (χ0v) is 32.1. The number of hydrogen-bond acceptors (Lipinski definition) is 13. The van der Waals surface area contributed by atoms with Crippen LogP contribution >= 0.6 is 0 Å². The van der Waals surface area contributed by atoms with Crippen LogP contribution in [-0.2, 0) is 30.7 Å². The molecule has 7 N–H and O–H groups in total. The summed E-state index contributed by atoms with van der Waals surface area (Å²) in [6.45, 7) is 7.91. The van der Waals surface area contributed by atoms with Gasteiger partial charge in [0, 0.05) is 38.1 Å². The highest BCUT2D eigenvalue weighted by Crippen LogP contribution is 2.36. The van der Waals surface area contributed by atoms with Gasteiger partial charge in [-0.05, 0) is 50.1 Å². The van der Waals surface area contributed by atoms with E-state index in [0.717, 1.165) is 0 Å². The molecule has 57 heavy (non-hydrogen) atoms. The predicted octanol–water partition coefficient (Wildman–Crippen LogP) is 3.84. The van der Waals surface area contributed by atoms with Crippen LogP contribution in [0.5, 0.6) is 11.5 Å². The summed E-state index contributed by atoms with van der Waals surface area (Å²) in [5, 5.41) is 2.84.